The summed E-state index contributed by atoms with van der Waals surface area (Å²) in [4.78, 5) is 24.1. The number of hydrogen-bond acceptors (Lipinski definition) is 2. The molecule has 1 fully saturated rings. The fourth-order valence-corrected chi connectivity index (χ4v) is 4.39. The van der Waals surface area contributed by atoms with E-state index in [2.05, 4.69) is 11.4 Å². The molecule has 1 amide bonds. The summed E-state index contributed by atoms with van der Waals surface area (Å²) in [7, 11) is 0. The lowest BCUT2D eigenvalue weighted by Crippen LogP contribution is -2.36. The van der Waals surface area contributed by atoms with E-state index in [0.717, 1.165) is 24.9 Å². The van der Waals surface area contributed by atoms with Crippen LogP contribution < -0.4 is 5.32 Å². The van der Waals surface area contributed by atoms with Crippen LogP contribution in [0.25, 0.3) is 0 Å². The second-order valence-corrected chi connectivity index (χ2v) is 6.66. The Morgan fingerprint density at radius 3 is 2.55 bits per heavy atom. The molecule has 0 aromatic heterocycles. The van der Waals surface area contributed by atoms with Gasteiger partial charge in [-0.1, -0.05) is 18.2 Å². The Morgan fingerprint density at radius 2 is 1.77 bits per heavy atom. The summed E-state index contributed by atoms with van der Waals surface area (Å²) in [5.41, 5.74) is 3.46. The van der Waals surface area contributed by atoms with Gasteiger partial charge >= 0.3 is 5.97 Å². The van der Waals surface area contributed by atoms with E-state index < -0.39 is 17.8 Å². The number of anilines is 1. The number of carbonyl (C=O) groups excluding carboxylic acids is 1. The van der Waals surface area contributed by atoms with Crippen molar-refractivity contribution in [2.75, 3.05) is 5.32 Å². The number of carbonyl (C=O) groups is 2. The molecule has 22 heavy (non-hydrogen) atoms. The van der Waals surface area contributed by atoms with Gasteiger partial charge in [-0.3, -0.25) is 9.59 Å². The summed E-state index contributed by atoms with van der Waals surface area (Å²) in [5.74, 6) is -1.95. The Bertz CT molecular complexity index is 679. The molecule has 3 aliphatic carbocycles. The Balaban J connectivity index is 1.55. The largest absolute Gasteiger partial charge is 0.481 e. The van der Waals surface area contributed by atoms with Crippen LogP contribution in [0.15, 0.2) is 30.4 Å². The third kappa shape index (κ3) is 2.05. The summed E-state index contributed by atoms with van der Waals surface area (Å²) in [6, 6.07) is 6.05. The van der Waals surface area contributed by atoms with Crippen LogP contribution >= 0.6 is 0 Å². The van der Waals surface area contributed by atoms with Crippen LogP contribution in [0.2, 0.25) is 0 Å². The van der Waals surface area contributed by atoms with Crippen LogP contribution in [-0.4, -0.2) is 17.0 Å². The zero-order valence-electron chi connectivity index (χ0n) is 12.3. The lowest BCUT2D eigenvalue weighted by Gasteiger charge is -2.24. The maximum atomic E-state index is 12.6. The van der Waals surface area contributed by atoms with Crippen molar-refractivity contribution in [3.05, 3.63) is 41.5 Å². The number of amides is 1. The third-order valence-corrected chi connectivity index (χ3v) is 5.41. The van der Waals surface area contributed by atoms with Crippen LogP contribution in [0.3, 0.4) is 0 Å². The first-order valence-corrected chi connectivity index (χ1v) is 7.97. The van der Waals surface area contributed by atoms with Crippen molar-refractivity contribution in [1.29, 1.82) is 0 Å². The monoisotopic (exact) mass is 297 g/mol. The first-order valence-electron chi connectivity index (χ1n) is 7.97. The van der Waals surface area contributed by atoms with E-state index in [4.69, 9.17) is 0 Å². The Kier molecular flexibility index (Phi) is 3.06. The maximum Gasteiger partial charge on any atom is 0.307 e. The molecule has 0 radical (unpaired) electrons. The Labute approximate surface area is 129 Å². The molecule has 4 atom stereocenters. The predicted molar refractivity (Wildman–Crippen MR) is 82.4 cm³/mol. The zero-order valence-corrected chi connectivity index (χ0v) is 12.3. The molecule has 3 aliphatic rings. The molecule has 1 aromatic carbocycles. The fraction of sp³-hybridized carbons (Fsp3) is 0.444. The number of carboxylic acid groups (broad SMARTS) is 1. The number of fused-ring (bicyclic) bond motifs is 3. The van der Waals surface area contributed by atoms with Crippen molar-refractivity contribution >= 4 is 17.6 Å². The van der Waals surface area contributed by atoms with E-state index in [0.29, 0.717) is 0 Å². The van der Waals surface area contributed by atoms with E-state index in [1.54, 1.807) is 0 Å². The van der Waals surface area contributed by atoms with Gasteiger partial charge in [-0.05, 0) is 60.8 Å². The normalized spacial score (nSPS) is 31.3. The van der Waals surface area contributed by atoms with E-state index in [-0.39, 0.29) is 17.7 Å². The Morgan fingerprint density at radius 1 is 1.05 bits per heavy atom. The topological polar surface area (TPSA) is 66.4 Å². The third-order valence-electron chi connectivity index (χ3n) is 5.41. The number of aliphatic carboxylic acids is 1. The molecular formula is C18H19NO3. The number of carboxylic acids is 1. The van der Waals surface area contributed by atoms with Crippen LogP contribution in [0.5, 0.6) is 0 Å². The number of benzene rings is 1. The van der Waals surface area contributed by atoms with Gasteiger partial charge in [0.15, 0.2) is 0 Å². The summed E-state index contributed by atoms with van der Waals surface area (Å²) in [6.45, 7) is 0. The molecule has 0 saturated heterocycles. The van der Waals surface area contributed by atoms with Gasteiger partial charge in [0, 0.05) is 5.69 Å². The second-order valence-electron chi connectivity index (χ2n) is 6.66. The highest BCUT2D eigenvalue weighted by atomic mass is 16.4. The van der Waals surface area contributed by atoms with Crippen molar-refractivity contribution in [3.63, 3.8) is 0 Å². The minimum absolute atomic E-state index is 0.0123. The second kappa shape index (κ2) is 4.97. The molecule has 114 valence electrons. The fourth-order valence-electron chi connectivity index (χ4n) is 4.39. The standard InChI is InChI=1S/C18H19NO3/c20-17(15-12-4-5-13(8-12)16(15)18(21)22)19-14-7-6-10-2-1-3-11(10)9-14/h4-7,9,12-13,15-16H,1-3,8H2,(H,19,20)(H,21,22)/t12-,13-,15-,16-/m0/s1. The SMILES string of the molecule is O=C(O)[C@@H]1[C@@H](C(=O)Nc2ccc3c(c2)CCC3)[C@H]2C=C[C@H]1C2. The van der Waals surface area contributed by atoms with Gasteiger partial charge in [-0.15, -0.1) is 0 Å². The van der Waals surface area contributed by atoms with Gasteiger partial charge in [-0.25, -0.2) is 0 Å². The molecule has 4 heteroatoms. The lowest BCUT2D eigenvalue weighted by atomic mass is 9.82. The maximum absolute atomic E-state index is 12.6. The smallest absolute Gasteiger partial charge is 0.307 e. The molecule has 2 bridgehead atoms. The van der Waals surface area contributed by atoms with Crippen molar-refractivity contribution < 1.29 is 14.7 Å². The van der Waals surface area contributed by atoms with Crippen molar-refractivity contribution in [2.45, 2.75) is 25.7 Å². The predicted octanol–water partition coefficient (Wildman–Crippen LogP) is 2.64. The number of nitrogens with one attached hydrogen (secondary N) is 1. The van der Waals surface area contributed by atoms with Crippen LogP contribution in [0, 0.1) is 23.7 Å². The lowest BCUT2D eigenvalue weighted by molar-refractivity contribution is -0.146. The molecule has 0 spiro atoms. The van der Waals surface area contributed by atoms with Crippen LogP contribution in [0.4, 0.5) is 5.69 Å². The van der Waals surface area contributed by atoms with Crippen LogP contribution in [0.1, 0.15) is 24.0 Å². The molecule has 0 aliphatic heterocycles. The van der Waals surface area contributed by atoms with E-state index >= 15 is 0 Å². The molecule has 1 saturated carbocycles. The van der Waals surface area contributed by atoms with Crippen molar-refractivity contribution in [2.24, 2.45) is 23.7 Å². The summed E-state index contributed by atoms with van der Waals surface area (Å²) < 4.78 is 0. The minimum atomic E-state index is -0.856. The van der Waals surface area contributed by atoms with E-state index in [1.165, 1.54) is 17.5 Å². The van der Waals surface area contributed by atoms with Crippen LogP contribution in [-0.2, 0) is 22.4 Å². The van der Waals surface area contributed by atoms with Gasteiger partial charge in [0.25, 0.3) is 0 Å². The van der Waals surface area contributed by atoms with E-state index in [9.17, 15) is 14.7 Å². The average Bonchev–Trinajstić information content (AvgIpc) is 3.20. The highest BCUT2D eigenvalue weighted by Gasteiger charge is 2.51. The highest BCUT2D eigenvalue weighted by Crippen LogP contribution is 2.48. The van der Waals surface area contributed by atoms with Gasteiger partial charge in [0.05, 0.1) is 11.8 Å². The molecule has 2 N–H and O–H groups in total. The first-order chi connectivity index (χ1) is 10.6. The van der Waals surface area contributed by atoms with E-state index in [1.807, 2.05) is 24.3 Å². The number of rotatable bonds is 3. The minimum Gasteiger partial charge on any atom is -0.481 e. The van der Waals surface area contributed by atoms with Crippen molar-refractivity contribution in [3.8, 4) is 0 Å². The quantitative estimate of drug-likeness (QED) is 0.843. The summed E-state index contributed by atoms with van der Waals surface area (Å²) >= 11 is 0. The molecule has 1 aromatic rings. The number of hydrogen-bond donors (Lipinski definition) is 2. The Hall–Kier alpha value is -2.10. The number of aryl methyl sites for hydroxylation is 2. The van der Waals surface area contributed by atoms with Gasteiger partial charge in [0.1, 0.15) is 0 Å². The molecular weight excluding hydrogens is 278 g/mol. The molecule has 0 unspecified atom stereocenters. The summed E-state index contributed by atoms with van der Waals surface area (Å²) in [5, 5.41) is 12.4. The summed E-state index contributed by atoms with van der Waals surface area (Å²) in [6.07, 6.45) is 8.11. The first kappa shape index (κ1) is 13.6. The highest BCUT2D eigenvalue weighted by molar-refractivity contribution is 5.96. The number of allylic oxidation sites excluding steroid dienone is 2. The van der Waals surface area contributed by atoms with Gasteiger partial charge < -0.3 is 10.4 Å². The van der Waals surface area contributed by atoms with Gasteiger partial charge in [-0.2, -0.15) is 0 Å². The van der Waals surface area contributed by atoms with Crippen molar-refractivity contribution in [1.82, 2.24) is 0 Å². The average molecular weight is 297 g/mol. The molecule has 4 nitrogen and oxygen atoms in total. The van der Waals surface area contributed by atoms with Gasteiger partial charge in [0.2, 0.25) is 5.91 Å². The molecule has 0 heterocycles. The molecule has 4 rings (SSSR count). The zero-order chi connectivity index (χ0) is 15.3.